The minimum atomic E-state index is 0. The summed E-state index contributed by atoms with van der Waals surface area (Å²) in [5.41, 5.74) is 6.85. The number of para-hydroxylation sites is 2. The van der Waals surface area contributed by atoms with E-state index in [4.69, 9.17) is 0 Å². The Morgan fingerprint density at radius 3 is 2.21 bits per heavy atom. The molecule has 184 valence electrons. The number of hydrogen-bond acceptors (Lipinski definition) is 3. The smallest absolute Gasteiger partial charge is 0.510 e. The average molecular weight is 668 g/mol. The van der Waals surface area contributed by atoms with Crippen molar-refractivity contribution in [1.82, 2.24) is 14.3 Å². The Kier molecular flexibility index (Phi) is 6.32. The van der Waals surface area contributed by atoms with Gasteiger partial charge in [0, 0.05) is 17.2 Å². The van der Waals surface area contributed by atoms with Crippen molar-refractivity contribution in [2.75, 3.05) is 11.9 Å². The second-order valence-corrected chi connectivity index (χ2v) is 9.14. The first-order valence-electron chi connectivity index (χ1n) is 12.3. The minimum absolute atomic E-state index is 0. The largest absolute Gasteiger partial charge is 3.00 e. The Bertz CT molecular complexity index is 1760. The molecule has 0 amide bonds. The summed E-state index contributed by atoms with van der Waals surface area (Å²) in [7, 11) is 2.04. The van der Waals surface area contributed by atoms with Gasteiger partial charge in [-0.3, -0.25) is 0 Å². The molecule has 5 heteroatoms. The summed E-state index contributed by atoms with van der Waals surface area (Å²) in [6.45, 7) is 2.07. The van der Waals surface area contributed by atoms with Crippen LogP contribution in [0.15, 0.2) is 116 Å². The van der Waals surface area contributed by atoms with Crippen molar-refractivity contribution in [3.63, 3.8) is 0 Å². The van der Waals surface area contributed by atoms with Crippen LogP contribution in [-0.2, 0) is 20.1 Å². The number of hydrogen-bond donors (Lipinski definition) is 0. The van der Waals surface area contributed by atoms with Crippen LogP contribution < -0.4 is 4.90 Å². The quantitative estimate of drug-likeness (QED) is 0.178. The third-order valence-electron chi connectivity index (χ3n) is 6.80. The summed E-state index contributed by atoms with van der Waals surface area (Å²) in [4.78, 5) is 8.40. The van der Waals surface area contributed by atoms with E-state index in [0.717, 1.165) is 16.9 Å². The summed E-state index contributed by atoms with van der Waals surface area (Å²) in [5, 5.41) is 5.02. The van der Waals surface area contributed by atoms with Crippen molar-refractivity contribution in [1.29, 1.82) is 0 Å². The summed E-state index contributed by atoms with van der Waals surface area (Å²) in [6, 6.07) is 40.0. The third-order valence-corrected chi connectivity index (χ3v) is 6.80. The summed E-state index contributed by atoms with van der Waals surface area (Å²) in [5.74, 6) is 0. The molecule has 38 heavy (non-hydrogen) atoms. The van der Waals surface area contributed by atoms with Gasteiger partial charge in [-0.15, -0.1) is 53.4 Å². The van der Waals surface area contributed by atoms with Gasteiger partial charge < -0.3 is 19.2 Å². The molecule has 0 radical (unpaired) electrons. The molecule has 1 aliphatic heterocycles. The van der Waals surface area contributed by atoms with Gasteiger partial charge in [-0.25, -0.2) is 0 Å². The molecule has 0 saturated carbocycles. The first kappa shape index (κ1) is 24.2. The van der Waals surface area contributed by atoms with Gasteiger partial charge in [0.1, 0.15) is 0 Å². The van der Waals surface area contributed by atoms with Crippen LogP contribution in [0.3, 0.4) is 0 Å². The fraction of sp³-hybridized carbons (Fsp3) is 0.0303. The zero-order valence-electron chi connectivity index (χ0n) is 20.7. The van der Waals surface area contributed by atoms with Crippen LogP contribution in [0.25, 0.3) is 49.4 Å². The molecular formula is C33H23IrN4. The molecule has 0 atom stereocenters. The Balaban J connectivity index is 0.000000172. The molecule has 4 aromatic carbocycles. The van der Waals surface area contributed by atoms with Gasteiger partial charge in [0.25, 0.3) is 0 Å². The predicted octanol–water partition coefficient (Wildman–Crippen LogP) is 7.53. The monoisotopic (exact) mass is 668 g/mol. The second-order valence-electron chi connectivity index (χ2n) is 9.14. The number of nitrogens with zero attached hydrogens (tertiary/aromatic N) is 4. The summed E-state index contributed by atoms with van der Waals surface area (Å²) >= 11 is 0. The minimum Gasteiger partial charge on any atom is -0.510 e. The van der Waals surface area contributed by atoms with Crippen LogP contribution in [0.5, 0.6) is 0 Å². The number of pyridine rings is 1. The van der Waals surface area contributed by atoms with Gasteiger partial charge in [0.05, 0.1) is 0 Å². The van der Waals surface area contributed by atoms with Crippen LogP contribution in [0, 0.1) is 18.8 Å². The van der Waals surface area contributed by atoms with E-state index in [-0.39, 0.29) is 20.1 Å². The first-order chi connectivity index (χ1) is 18.3. The van der Waals surface area contributed by atoms with Gasteiger partial charge >= 0.3 is 20.1 Å². The van der Waals surface area contributed by atoms with E-state index in [1.165, 1.54) is 38.1 Å². The van der Waals surface area contributed by atoms with Gasteiger partial charge in [-0.2, -0.15) is 6.67 Å². The number of fused-ring (bicyclic) bond motifs is 6. The van der Waals surface area contributed by atoms with Crippen molar-refractivity contribution >= 4 is 43.8 Å². The van der Waals surface area contributed by atoms with E-state index in [9.17, 15) is 0 Å². The Labute approximate surface area is 235 Å². The number of benzene rings is 4. The number of rotatable bonds is 2. The molecule has 7 aromatic rings. The molecule has 0 N–H and O–H groups in total. The molecule has 0 spiro atoms. The summed E-state index contributed by atoms with van der Waals surface area (Å²) in [6.07, 6.45) is 5.91. The Morgan fingerprint density at radius 2 is 1.50 bits per heavy atom. The molecule has 1 aliphatic rings. The normalized spacial score (nSPS) is 12.9. The molecule has 4 heterocycles. The van der Waals surface area contributed by atoms with Crippen molar-refractivity contribution in [2.45, 2.75) is 0 Å². The van der Waals surface area contributed by atoms with Crippen molar-refractivity contribution in [3.05, 3.63) is 134 Å². The van der Waals surface area contributed by atoms with E-state index in [1.807, 2.05) is 49.5 Å². The van der Waals surface area contributed by atoms with E-state index >= 15 is 0 Å². The predicted molar refractivity (Wildman–Crippen MR) is 152 cm³/mol. The molecule has 0 saturated heterocycles. The number of anilines is 1. The number of aromatic nitrogens is 2. The molecule has 8 rings (SSSR count). The molecule has 3 aromatic heterocycles. The van der Waals surface area contributed by atoms with Crippen LogP contribution in [0.2, 0.25) is 0 Å². The van der Waals surface area contributed by atoms with Gasteiger partial charge in [0.2, 0.25) is 0 Å². The topological polar surface area (TPSA) is 23.8 Å². The van der Waals surface area contributed by atoms with Gasteiger partial charge in [-0.05, 0) is 54.2 Å². The van der Waals surface area contributed by atoms with Crippen molar-refractivity contribution < 1.29 is 20.1 Å². The van der Waals surface area contributed by atoms with E-state index < -0.39 is 0 Å². The van der Waals surface area contributed by atoms with Crippen molar-refractivity contribution in [3.8, 4) is 11.3 Å². The second kappa shape index (κ2) is 9.94. The molecule has 0 unspecified atom stereocenters. The van der Waals surface area contributed by atoms with Crippen LogP contribution >= 0.6 is 0 Å². The average Bonchev–Trinajstić information content (AvgIpc) is 3.65. The van der Waals surface area contributed by atoms with Gasteiger partial charge in [0.15, 0.2) is 0 Å². The molecule has 0 bridgehead atoms. The Hall–Kier alpha value is -4.18. The maximum Gasteiger partial charge on any atom is 3.00 e. The van der Waals surface area contributed by atoms with Crippen LogP contribution in [0.4, 0.5) is 5.69 Å². The van der Waals surface area contributed by atoms with Crippen LogP contribution in [0.1, 0.15) is 0 Å². The zero-order valence-corrected chi connectivity index (χ0v) is 23.1. The third kappa shape index (κ3) is 4.01. The molecule has 0 fully saturated rings. The standard InChI is InChI=1S/C22H15N3.C11H8N.Ir/c1-23-10-11-24(14-23)15-12-18-16-6-2-4-8-20(16)25-21-9-5-3-7-17(21)19(13-15)22(18)25;1-2-6-10(7-3-1)11-8-4-5-9-12-11;/h2-12,14H,1H3;1-6,8-9H;/q-2;-1;+3. The fourth-order valence-electron chi connectivity index (χ4n) is 5.15. The zero-order chi connectivity index (χ0) is 24.8. The maximum absolute atomic E-state index is 4.22. The van der Waals surface area contributed by atoms with Gasteiger partial charge in [-0.1, -0.05) is 65.0 Å². The summed E-state index contributed by atoms with van der Waals surface area (Å²) < 4.78 is 2.38. The van der Waals surface area contributed by atoms with E-state index in [0.29, 0.717) is 0 Å². The van der Waals surface area contributed by atoms with Crippen molar-refractivity contribution in [2.24, 2.45) is 0 Å². The van der Waals surface area contributed by atoms with Crippen LogP contribution in [-0.4, -0.2) is 21.3 Å². The molecular weight excluding hydrogens is 645 g/mol. The van der Waals surface area contributed by atoms with E-state index in [1.54, 1.807) is 6.20 Å². The first-order valence-corrected chi connectivity index (χ1v) is 12.3. The Morgan fingerprint density at radius 1 is 0.763 bits per heavy atom. The maximum atomic E-state index is 4.22. The van der Waals surface area contributed by atoms with E-state index in [2.05, 4.69) is 105 Å². The SMILES string of the molecule is CN1C=CN(c2[c-]c3c4ccccc4n4c5ccccc5c(c2)c34)[CH-]1.[Ir+3].[c-]1ccccc1-c1ccccn1. The fourth-order valence-corrected chi connectivity index (χ4v) is 5.15. The molecule has 4 nitrogen and oxygen atoms in total. The molecule has 0 aliphatic carbocycles.